The Morgan fingerprint density at radius 1 is 1.08 bits per heavy atom. The van der Waals surface area contributed by atoms with Gasteiger partial charge in [-0.3, -0.25) is 4.79 Å². The van der Waals surface area contributed by atoms with E-state index >= 15 is 0 Å². The first kappa shape index (κ1) is 18.6. The Bertz CT molecular complexity index is 643. The minimum absolute atomic E-state index is 0.0202. The van der Waals surface area contributed by atoms with Crippen molar-refractivity contribution in [2.24, 2.45) is 5.92 Å². The molecule has 1 amide bonds. The van der Waals surface area contributed by atoms with Crippen LogP contribution in [-0.4, -0.2) is 33.1 Å². The highest BCUT2D eigenvalue weighted by Gasteiger charge is 2.13. The van der Waals surface area contributed by atoms with Crippen molar-refractivity contribution in [1.82, 2.24) is 5.32 Å². The molecule has 0 saturated heterocycles. The second-order valence-corrected chi connectivity index (χ2v) is 7.51. The zero-order valence-electron chi connectivity index (χ0n) is 14.7. The summed E-state index contributed by atoms with van der Waals surface area (Å²) in [5.41, 5.74) is 2.03. The Labute approximate surface area is 149 Å². The molecule has 2 rings (SSSR count). The minimum Gasteiger partial charge on any atom is -0.352 e. The maximum absolute atomic E-state index is 12.5. The molecule has 0 aliphatic heterocycles. The van der Waals surface area contributed by atoms with E-state index in [2.05, 4.69) is 38.5 Å². The number of nitrogens with one attached hydrogen (secondary N) is 2. The summed E-state index contributed by atoms with van der Waals surface area (Å²) < 4.78 is 0. The summed E-state index contributed by atoms with van der Waals surface area (Å²) in [5.74, 6) is 1.35. The lowest BCUT2D eigenvalue weighted by Crippen LogP contribution is -3.06. The molecule has 0 aromatic heterocycles. The first-order valence-corrected chi connectivity index (χ1v) is 9.38. The van der Waals surface area contributed by atoms with E-state index in [1.165, 1.54) is 10.5 Å². The van der Waals surface area contributed by atoms with Crippen LogP contribution in [0.4, 0.5) is 0 Å². The highest BCUT2D eigenvalue weighted by Crippen LogP contribution is 2.26. The molecular formula is C20H27N2OS+. The fourth-order valence-corrected chi connectivity index (χ4v) is 3.65. The Kier molecular flexibility index (Phi) is 7.35. The summed E-state index contributed by atoms with van der Waals surface area (Å²) in [6, 6.07) is 18.2. The number of amides is 1. The number of carbonyl (C=O) groups excluding carboxylic acids is 1. The van der Waals surface area contributed by atoms with Crippen LogP contribution in [0.15, 0.2) is 59.5 Å². The van der Waals surface area contributed by atoms with Crippen LogP contribution in [-0.2, 0) is 5.75 Å². The number of hydrogen-bond acceptors (Lipinski definition) is 2. The Balaban J connectivity index is 1.96. The van der Waals surface area contributed by atoms with Crippen molar-refractivity contribution >= 4 is 17.7 Å². The van der Waals surface area contributed by atoms with Crippen LogP contribution < -0.4 is 10.2 Å². The molecule has 2 aromatic carbocycles. The quantitative estimate of drug-likeness (QED) is 0.722. The van der Waals surface area contributed by atoms with Crippen LogP contribution in [0.5, 0.6) is 0 Å². The molecule has 0 saturated carbocycles. The predicted octanol–water partition coefficient (Wildman–Crippen LogP) is 2.49. The van der Waals surface area contributed by atoms with Gasteiger partial charge in [-0.25, -0.2) is 0 Å². The summed E-state index contributed by atoms with van der Waals surface area (Å²) in [5, 5.41) is 3.08. The van der Waals surface area contributed by atoms with Crippen LogP contribution in [0.2, 0.25) is 0 Å². The molecule has 0 heterocycles. The SMILES string of the molecule is C[C@H](CNC(=O)c1ccccc1SCc1ccccc1)C[NH+](C)C. The monoisotopic (exact) mass is 343 g/mol. The van der Waals surface area contributed by atoms with E-state index in [1.54, 1.807) is 11.8 Å². The Morgan fingerprint density at radius 2 is 1.75 bits per heavy atom. The van der Waals surface area contributed by atoms with E-state index in [1.807, 2.05) is 42.5 Å². The summed E-state index contributed by atoms with van der Waals surface area (Å²) in [6.07, 6.45) is 0. The maximum atomic E-state index is 12.5. The second kappa shape index (κ2) is 9.50. The van der Waals surface area contributed by atoms with E-state index in [-0.39, 0.29) is 5.91 Å². The van der Waals surface area contributed by atoms with Gasteiger partial charge in [-0.05, 0) is 17.7 Å². The van der Waals surface area contributed by atoms with Gasteiger partial charge >= 0.3 is 0 Å². The van der Waals surface area contributed by atoms with Gasteiger partial charge < -0.3 is 10.2 Å². The molecule has 0 aliphatic rings. The number of rotatable bonds is 8. The summed E-state index contributed by atoms with van der Waals surface area (Å²) >= 11 is 1.71. The summed E-state index contributed by atoms with van der Waals surface area (Å²) in [7, 11) is 4.27. The van der Waals surface area contributed by atoms with Crippen molar-refractivity contribution in [3.05, 3.63) is 65.7 Å². The van der Waals surface area contributed by atoms with Gasteiger partial charge in [-0.1, -0.05) is 49.4 Å². The third-order valence-corrected chi connectivity index (χ3v) is 4.88. The summed E-state index contributed by atoms with van der Waals surface area (Å²) in [4.78, 5) is 15.0. The predicted molar refractivity (Wildman–Crippen MR) is 102 cm³/mol. The maximum Gasteiger partial charge on any atom is 0.252 e. The Hall–Kier alpha value is -1.78. The second-order valence-electron chi connectivity index (χ2n) is 6.50. The number of quaternary nitrogens is 1. The van der Waals surface area contributed by atoms with Crippen molar-refractivity contribution in [3.63, 3.8) is 0 Å². The van der Waals surface area contributed by atoms with Gasteiger partial charge in [0.25, 0.3) is 5.91 Å². The molecule has 24 heavy (non-hydrogen) atoms. The summed E-state index contributed by atoms with van der Waals surface area (Å²) in [6.45, 7) is 3.93. The molecule has 0 spiro atoms. The highest BCUT2D eigenvalue weighted by molar-refractivity contribution is 7.98. The third-order valence-electron chi connectivity index (χ3n) is 3.74. The third kappa shape index (κ3) is 6.02. The topological polar surface area (TPSA) is 33.5 Å². The molecule has 0 aliphatic carbocycles. The van der Waals surface area contributed by atoms with Gasteiger partial charge in [0.15, 0.2) is 0 Å². The van der Waals surface area contributed by atoms with E-state index in [0.29, 0.717) is 12.5 Å². The zero-order chi connectivity index (χ0) is 17.4. The lowest BCUT2D eigenvalue weighted by Gasteiger charge is -2.16. The molecule has 2 N–H and O–H groups in total. The van der Waals surface area contributed by atoms with Crippen molar-refractivity contribution < 1.29 is 9.69 Å². The molecule has 0 unspecified atom stereocenters. The lowest BCUT2D eigenvalue weighted by molar-refractivity contribution is -0.861. The standard InChI is InChI=1S/C20H26N2OS/c1-16(14-22(2)3)13-21-20(23)18-11-7-8-12-19(18)24-15-17-9-5-4-6-10-17/h4-12,16H,13-15H2,1-3H3,(H,21,23)/p+1/t16-/m1/s1. The number of carbonyl (C=O) groups is 1. The van der Waals surface area contributed by atoms with E-state index in [0.717, 1.165) is 22.8 Å². The smallest absolute Gasteiger partial charge is 0.252 e. The van der Waals surface area contributed by atoms with E-state index in [4.69, 9.17) is 0 Å². The fourth-order valence-electron chi connectivity index (χ4n) is 2.65. The molecule has 3 nitrogen and oxygen atoms in total. The van der Waals surface area contributed by atoms with Gasteiger partial charge in [-0.2, -0.15) is 0 Å². The first-order valence-electron chi connectivity index (χ1n) is 8.39. The average molecular weight is 344 g/mol. The largest absolute Gasteiger partial charge is 0.352 e. The van der Waals surface area contributed by atoms with E-state index in [9.17, 15) is 4.79 Å². The number of benzene rings is 2. The average Bonchev–Trinajstić information content (AvgIpc) is 2.58. The van der Waals surface area contributed by atoms with Gasteiger partial charge in [-0.15, -0.1) is 11.8 Å². The minimum atomic E-state index is 0.0202. The van der Waals surface area contributed by atoms with Gasteiger partial charge in [0, 0.05) is 23.1 Å². The molecule has 0 radical (unpaired) electrons. The van der Waals surface area contributed by atoms with Crippen LogP contribution in [0, 0.1) is 5.92 Å². The molecule has 2 aromatic rings. The van der Waals surface area contributed by atoms with Crippen molar-refractivity contribution in [3.8, 4) is 0 Å². The number of thioether (sulfide) groups is 1. The molecule has 1 atom stereocenters. The van der Waals surface area contributed by atoms with E-state index < -0.39 is 0 Å². The Morgan fingerprint density at radius 3 is 2.46 bits per heavy atom. The van der Waals surface area contributed by atoms with Crippen LogP contribution in [0.1, 0.15) is 22.8 Å². The van der Waals surface area contributed by atoms with Crippen LogP contribution in [0.25, 0.3) is 0 Å². The van der Waals surface area contributed by atoms with Crippen LogP contribution in [0.3, 0.4) is 0 Å². The molecular weight excluding hydrogens is 316 g/mol. The van der Waals surface area contributed by atoms with Gasteiger partial charge in [0.1, 0.15) is 0 Å². The molecule has 0 fully saturated rings. The lowest BCUT2D eigenvalue weighted by atomic mass is 10.1. The first-order chi connectivity index (χ1) is 11.6. The molecule has 128 valence electrons. The van der Waals surface area contributed by atoms with Crippen molar-refractivity contribution in [2.75, 3.05) is 27.2 Å². The number of hydrogen-bond donors (Lipinski definition) is 2. The van der Waals surface area contributed by atoms with Gasteiger partial charge in [0.05, 0.1) is 26.2 Å². The zero-order valence-corrected chi connectivity index (χ0v) is 15.5. The van der Waals surface area contributed by atoms with Crippen LogP contribution >= 0.6 is 11.8 Å². The normalized spacial score (nSPS) is 12.2. The fraction of sp³-hybridized carbons (Fsp3) is 0.350. The molecule has 0 bridgehead atoms. The van der Waals surface area contributed by atoms with Crippen molar-refractivity contribution in [2.45, 2.75) is 17.6 Å². The molecule has 4 heteroatoms. The van der Waals surface area contributed by atoms with Crippen molar-refractivity contribution in [1.29, 1.82) is 0 Å². The van der Waals surface area contributed by atoms with Gasteiger partial charge in [0.2, 0.25) is 0 Å². The highest BCUT2D eigenvalue weighted by atomic mass is 32.2.